The number of hydrogen-bond donors (Lipinski definition) is 2. The van der Waals surface area contributed by atoms with Crippen molar-refractivity contribution in [3.05, 3.63) is 38.7 Å². The smallest absolute Gasteiger partial charge is 0.327 e. The maximum Gasteiger partial charge on any atom is 0.327 e. The van der Waals surface area contributed by atoms with Crippen LogP contribution in [-0.4, -0.2) is 38.3 Å². The Morgan fingerprint density at radius 1 is 1.12 bits per heavy atom. The van der Waals surface area contributed by atoms with Gasteiger partial charge >= 0.3 is 5.69 Å². The topological polar surface area (TPSA) is 98.9 Å². The molecule has 0 spiro atoms. The summed E-state index contributed by atoms with van der Waals surface area (Å²) in [5.41, 5.74) is -0.511. The van der Waals surface area contributed by atoms with Crippen molar-refractivity contribution >= 4 is 16.9 Å². The fourth-order valence-corrected chi connectivity index (χ4v) is 4.21. The average molecular weight is 328 g/mol. The zero-order chi connectivity index (χ0) is 16.7. The van der Waals surface area contributed by atoms with Crippen LogP contribution in [0.15, 0.2) is 21.9 Å². The van der Waals surface area contributed by atoms with Crippen LogP contribution in [0.5, 0.6) is 0 Å². The van der Waals surface area contributed by atoms with Gasteiger partial charge in [-0.3, -0.25) is 19.6 Å². The molecule has 4 rings (SSSR count). The Hall–Kier alpha value is -2.44. The lowest BCUT2D eigenvalue weighted by atomic mass is 9.95. The molecule has 0 aromatic carbocycles. The molecule has 0 radical (unpaired) electrons. The first-order valence-corrected chi connectivity index (χ1v) is 8.57. The molecule has 126 valence electrons. The zero-order valence-electron chi connectivity index (χ0n) is 13.4. The van der Waals surface area contributed by atoms with Crippen molar-refractivity contribution < 1.29 is 4.79 Å². The molecule has 2 N–H and O–H groups in total. The predicted molar refractivity (Wildman–Crippen MR) is 89.0 cm³/mol. The number of amides is 1. The Balaban J connectivity index is 1.67. The molecule has 1 amide bonds. The van der Waals surface area contributed by atoms with Gasteiger partial charge in [0, 0.05) is 18.8 Å². The third kappa shape index (κ3) is 2.53. The van der Waals surface area contributed by atoms with Gasteiger partial charge in [0.1, 0.15) is 5.65 Å². The van der Waals surface area contributed by atoms with Gasteiger partial charge in [-0.25, -0.2) is 9.78 Å². The van der Waals surface area contributed by atoms with E-state index in [-0.39, 0.29) is 16.9 Å². The van der Waals surface area contributed by atoms with Gasteiger partial charge in [0.2, 0.25) is 0 Å². The number of H-pyrrole nitrogens is 2. The molecule has 24 heavy (non-hydrogen) atoms. The second kappa shape index (κ2) is 5.89. The summed E-state index contributed by atoms with van der Waals surface area (Å²) in [7, 11) is 0. The predicted octanol–water partition coefficient (Wildman–Crippen LogP) is 1.41. The lowest BCUT2D eigenvalue weighted by Crippen LogP contribution is -2.39. The summed E-state index contributed by atoms with van der Waals surface area (Å²) < 4.78 is 0. The standard InChI is InChI=1S/C17H20N4O3/c22-15-12-8-11(9-18-14(12)19-17(24)20-15)16(23)21-7-3-6-13(21)10-4-1-2-5-10/h8-10,13H,1-7H2,(H2,18,19,20,22,24)/t13-/m1/s1. The van der Waals surface area contributed by atoms with Crippen LogP contribution in [0.2, 0.25) is 0 Å². The first-order valence-electron chi connectivity index (χ1n) is 8.57. The van der Waals surface area contributed by atoms with Crippen LogP contribution in [0.1, 0.15) is 48.9 Å². The minimum absolute atomic E-state index is 0.0654. The van der Waals surface area contributed by atoms with Gasteiger partial charge in [-0.15, -0.1) is 0 Å². The van der Waals surface area contributed by atoms with E-state index in [4.69, 9.17) is 0 Å². The third-order valence-electron chi connectivity index (χ3n) is 5.34. The lowest BCUT2D eigenvalue weighted by Gasteiger charge is -2.29. The molecule has 1 atom stereocenters. The van der Waals surface area contributed by atoms with Crippen LogP contribution >= 0.6 is 0 Å². The van der Waals surface area contributed by atoms with E-state index in [1.54, 1.807) is 0 Å². The highest BCUT2D eigenvalue weighted by atomic mass is 16.2. The van der Waals surface area contributed by atoms with E-state index in [0.717, 1.165) is 19.4 Å². The Morgan fingerprint density at radius 2 is 1.92 bits per heavy atom. The first kappa shape index (κ1) is 15.1. The molecular weight excluding hydrogens is 308 g/mol. The van der Waals surface area contributed by atoms with E-state index in [0.29, 0.717) is 17.5 Å². The number of likely N-dealkylation sites (tertiary alicyclic amines) is 1. The number of nitrogens with zero attached hydrogens (tertiary/aromatic N) is 2. The molecule has 7 heteroatoms. The van der Waals surface area contributed by atoms with Gasteiger partial charge in [-0.1, -0.05) is 12.8 Å². The quantitative estimate of drug-likeness (QED) is 0.870. The molecule has 7 nitrogen and oxygen atoms in total. The van der Waals surface area contributed by atoms with Crippen LogP contribution in [0.25, 0.3) is 11.0 Å². The highest BCUT2D eigenvalue weighted by molar-refractivity contribution is 5.97. The fourth-order valence-electron chi connectivity index (χ4n) is 4.21. The molecule has 1 saturated carbocycles. The summed E-state index contributed by atoms with van der Waals surface area (Å²) in [5.74, 6) is 0.536. The molecule has 2 aliphatic rings. The summed E-state index contributed by atoms with van der Waals surface area (Å²) in [5, 5.41) is 0.233. The molecule has 0 bridgehead atoms. The molecular formula is C17H20N4O3. The molecule has 1 aliphatic carbocycles. The van der Waals surface area contributed by atoms with Crippen molar-refractivity contribution in [1.29, 1.82) is 0 Å². The third-order valence-corrected chi connectivity index (χ3v) is 5.34. The Bertz CT molecular complexity index is 895. The van der Waals surface area contributed by atoms with Crippen LogP contribution in [0, 0.1) is 5.92 Å². The van der Waals surface area contributed by atoms with Crippen LogP contribution < -0.4 is 11.2 Å². The molecule has 2 aromatic heterocycles. The van der Waals surface area contributed by atoms with E-state index < -0.39 is 11.2 Å². The minimum atomic E-state index is -0.597. The fraction of sp³-hybridized carbons (Fsp3) is 0.529. The normalized spacial score (nSPS) is 21.7. The monoisotopic (exact) mass is 328 g/mol. The average Bonchev–Trinajstić information content (AvgIpc) is 3.24. The summed E-state index contributed by atoms with van der Waals surface area (Å²) in [6.07, 6.45) is 8.45. The Morgan fingerprint density at radius 3 is 2.71 bits per heavy atom. The summed E-state index contributed by atoms with van der Waals surface area (Å²) in [6, 6.07) is 1.84. The zero-order valence-corrected chi connectivity index (χ0v) is 13.4. The van der Waals surface area contributed by atoms with E-state index in [1.807, 2.05) is 4.90 Å². The van der Waals surface area contributed by atoms with E-state index >= 15 is 0 Å². The highest BCUT2D eigenvalue weighted by Gasteiger charge is 2.36. The molecule has 3 heterocycles. The van der Waals surface area contributed by atoms with Crippen LogP contribution in [0.4, 0.5) is 0 Å². The molecule has 2 aromatic rings. The molecule has 1 aliphatic heterocycles. The van der Waals surface area contributed by atoms with E-state index in [1.165, 1.54) is 37.9 Å². The second-order valence-electron chi connectivity index (χ2n) is 6.78. The Kier molecular flexibility index (Phi) is 3.70. The van der Waals surface area contributed by atoms with Crippen molar-refractivity contribution in [3.8, 4) is 0 Å². The van der Waals surface area contributed by atoms with Crippen LogP contribution in [-0.2, 0) is 0 Å². The molecule has 2 fully saturated rings. The maximum absolute atomic E-state index is 12.9. The van der Waals surface area contributed by atoms with Gasteiger partial charge in [0.05, 0.1) is 10.9 Å². The van der Waals surface area contributed by atoms with Gasteiger partial charge in [-0.2, -0.15) is 0 Å². The second-order valence-corrected chi connectivity index (χ2v) is 6.78. The molecule has 0 unspecified atom stereocenters. The largest absolute Gasteiger partial charge is 0.335 e. The number of aromatic nitrogens is 3. The maximum atomic E-state index is 12.9. The van der Waals surface area contributed by atoms with Crippen LogP contribution in [0.3, 0.4) is 0 Å². The van der Waals surface area contributed by atoms with E-state index in [9.17, 15) is 14.4 Å². The number of rotatable bonds is 2. The Labute approximate surface area is 138 Å². The number of hydrogen-bond acceptors (Lipinski definition) is 4. The summed E-state index contributed by atoms with van der Waals surface area (Å²) in [4.78, 5) is 46.9. The number of nitrogens with one attached hydrogen (secondary N) is 2. The van der Waals surface area contributed by atoms with Crippen molar-refractivity contribution in [1.82, 2.24) is 19.9 Å². The van der Waals surface area contributed by atoms with Crippen molar-refractivity contribution in [2.24, 2.45) is 5.92 Å². The number of aromatic amines is 2. The van der Waals surface area contributed by atoms with E-state index in [2.05, 4.69) is 15.0 Å². The number of pyridine rings is 1. The number of carbonyl (C=O) groups is 1. The number of carbonyl (C=O) groups excluding carboxylic acids is 1. The van der Waals surface area contributed by atoms with Crippen molar-refractivity contribution in [2.75, 3.05) is 6.54 Å². The molecule has 1 saturated heterocycles. The van der Waals surface area contributed by atoms with Gasteiger partial charge in [-0.05, 0) is 37.7 Å². The van der Waals surface area contributed by atoms with Gasteiger partial charge < -0.3 is 4.90 Å². The summed E-state index contributed by atoms with van der Waals surface area (Å²) in [6.45, 7) is 0.764. The van der Waals surface area contributed by atoms with Gasteiger partial charge in [0.25, 0.3) is 11.5 Å². The first-order chi connectivity index (χ1) is 11.6. The minimum Gasteiger partial charge on any atom is -0.335 e. The SMILES string of the molecule is O=C(c1cnc2[nH]c(=O)[nH]c(=O)c2c1)N1CCC[C@@H]1C1CCCC1. The van der Waals surface area contributed by atoms with Gasteiger partial charge in [0.15, 0.2) is 0 Å². The summed E-state index contributed by atoms with van der Waals surface area (Å²) >= 11 is 0. The number of fused-ring (bicyclic) bond motifs is 1. The van der Waals surface area contributed by atoms with Crippen molar-refractivity contribution in [2.45, 2.75) is 44.6 Å². The highest BCUT2D eigenvalue weighted by Crippen LogP contribution is 2.36. The lowest BCUT2D eigenvalue weighted by molar-refractivity contribution is 0.0689. The van der Waals surface area contributed by atoms with Crippen molar-refractivity contribution in [3.63, 3.8) is 0 Å².